The van der Waals surface area contributed by atoms with Crippen LogP contribution in [-0.2, 0) is 0 Å². The lowest BCUT2D eigenvalue weighted by Gasteiger charge is -2.03. The first-order chi connectivity index (χ1) is 7.46. The highest BCUT2D eigenvalue weighted by molar-refractivity contribution is 6.83. The Hall–Kier alpha value is -1.60. The van der Waals surface area contributed by atoms with E-state index >= 15 is 0 Å². The van der Waals surface area contributed by atoms with Crippen LogP contribution in [0.2, 0.25) is 19.6 Å². The van der Waals surface area contributed by atoms with Crippen molar-refractivity contribution in [2.75, 3.05) is 0 Å². The van der Waals surface area contributed by atoms with Crippen molar-refractivity contribution in [3.63, 3.8) is 0 Å². The molecule has 0 aliphatic rings. The van der Waals surface area contributed by atoms with Crippen LogP contribution in [0, 0.1) is 18.4 Å². The van der Waals surface area contributed by atoms with Crippen molar-refractivity contribution in [3.05, 3.63) is 30.0 Å². The maximum Gasteiger partial charge on any atom is 0.158 e. The van der Waals surface area contributed by atoms with Gasteiger partial charge in [-0.2, -0.15) is 0 Å². The summed E-state index contributed by atoms with van der Waals surface area (Å²) in [7, 11) is -1.33. The van der Waals surface area contributed by atoms with Gasteiger partial charge in [0.1, 0.15) is 13.8 Å². The molecular weight excluding hydrogens is 214 g/mol. The second-order valence-electron chi connectivity index (χ2n) is 4.87. The van der Waals surface area contributed by atoms with Gasteiger partial charge < -0.3 is 4.40 Å². The molecule has 2 aromatic rings. The third-order valence-corrected chi connectivity index (χ3v) is 2.98. The zero-order chi connectivity index (χ0) is 11.8. The number of aromatic nitrogens is 3. The molecular formula is C12H15N3Si. The summed E-state index contributed by atoms with van der Waals surface area (Å²) in [6, 6.07) is 0. The van der Waals surface area contributed by atoms with Gasteiger partial charge in [-0.05, 0) is 6.92 Å². The molecule has 0 fully saturated rings. The SMILES string of the molecule is Cc1nc(C#C[Si](C)(C)C)cn2ccnc12. The fourth-order valence-electron chi connectivity index (χ4n) is 1.40. The summed E-state index contributed by atoms with van der Waals surface area (Å²) < 4.78 is 1.97. The van der Waals surface area contributed by atoms with Crippen LogP contribution < -0.4 is 0 Å². The molecule has 16 heavy (non-hydrogen) atoms. The van der Waals surface area contributed by atoms with Gasteiger partial charge in [0.2, 0.25) is 0 Å². The smallest absolute Gasteiger partial charge is 0.158 e. The monoisotopic (exact) mass is 229 g/mol. The van der Waals surface area contributed by atoms with Crippen LogP contribution in [0.5, 0.6) is 0 Å². The Morgan fingerprint density at radius 1 is 1.31 bits per heavy atom. The average molecular weight is 229 g/mol. The first kappa shape index (κ1) is 10.9. The van der Waals surface area contributed by atoms with E-state index in [0.29, 0.717) is 0 Å². The van der Waals surface area contributed by atoms with E-state index in [4.69, 9.17) is 0 Å². The molecule has 2 heterocycles. The van der Waals surface area contributed by atoms with Crippen LogP contribution in [0.1, 0.15) is 11.4 Å². The van der Waals surface area contributed by atoms with Gasteiger partial charge in [-0.3, -0.25) is 0 Å². The van der Waals surface area contributed by atoms with Crippen molar-refractivity contribution in [1.82, 2.24) is 14.4 Å². The number of nitrogens with zero attached hydrogens (tertiary/aromatic N) is 3. The number of aryl methyl sites for hydroxylation is 1. The fraction of sp³-hybridized carbons (Fsp3) is 0.333. The minimum absolute atomic E-state index is 0.824. The van der Waals surface area contributed by atoms with Crippen molar-refractivity contribution in [1.29, 1.82) is 0 Å². The van der Waals surface area contributed by atoms with Gasteiger partial charge in [0.15, 0.2) is 5.65 Å². The van der Waals surface area contributed by atoms with Gasteiger partial charge in [-0.15, -0.1) is 5.54 Å². The second kappa shape index (κ2) is 3.76. The summed E-state index contributed by atoms with van der Waals surface area (Å²) in [6.07, 6.45) is 5.63. The van der Waals surface area contributed by atoms with Gasteiger partial charge in [-0.25, -0.2) is 9.97 Å². The first-order valence-corrected chi connectivity index (χ1v) is 8.79. The molecule has 0 unspecified atom stereocenters. The summed E-state index contributed by atoms with van der Waals surface area (Å²) in [6.45, 7) is 8.63. The van der Waals surface area contributed by atoms with Gasteiger partial charge in [0.05, 0.1) is 5.69 Å². The molecule has 0 aliphatic heterocycles. The molecule has 0 aromatic carbocycles. The molecule has 82 valence electrons. The zero-order valence-electron chi connectivity index (χ0n) is 10.1. The number of hydrogen-bond acceptors (Lipinski definition) is 2. The van der Waals surface area contributed by atoms with Gasteiger partial charge in [0.25, 0.3) is 0 Å². The van der Waals surface area contributed by atoms with E-state index in [1.807, 2.05) is 23.7 Å². The molecule has 4 heteroatoms. The summed E-state index contributed by atoms with van der Waals surface area (Å²) in [5, 5.41) is 0. The second-order valence-corrected chi connectivity index (χ2v) is 9.62. The zero-order valence-corrected chi connectivity index (χ0v) is 11.1. The van der Waals surface area contributed by atoms with Crippen molar-refractivity contribution in [2.24, 2.45) is 0 Å². The van der Waals surface area contributed by atoms with E-state index < -0.39 is 8.07 Å². The normalized spacial score (nSPS) is 11.2. The molecule has 0 atom stereocenters. The number of rotatable bonds is 0. The van der Waals surface area contributed by atoms with Crippen LogP contribution in [0.3, 0.4) is 0 Å². The minimum atomic E-state index is -1.33. The van der Waals surface area contributed by atoms with Crippen LogP contribution in [0.15, 0.2) is 18.6 Å². The molecule has 0 bridgehead atoms. The van der Waals surface area contributed by atoms with E-state index in [9.17, 15) is 0 Å². The lowest BCUT2D eigenvalue weighted by atomic mass is 10.4. The molecule has 0 radical (unpaired) electrons. The Balaban J connectivity index is 2.49. The number of hydrogen-bond donors (Lipinski definition) is 0. The third-order valence-electron chi connectivity index (χ3n) is 2.11. The molecule has 0 saturated carbocycles. The lowest BCUT2D eigenvalue weighted by molar-refractivity contribution is 1.06. The molecule has 2 rings (SSSR count). The fourth-order valence-corrected chi connectivity index (χ4v) is 1.90. The van der Waals surface area contributed by atoms with Crippen LogP contribution >= 0.6 is 0 Å². The van der Waals surface area contributed by atoms with Gasteiger partial charge in [-0.1, -0.05) is 25.6 Å². The number of imidazole rings is 1. The standard InChI is InChI=1S/C12H15N3Si/c1-10-12-13-6-7-15(12)9-11(14-10)5-8-16(2,3)4/h6-7,9H,1-4H3. The Bertz CT molecular complexity index is 582. The highest BCUT2D eigenvalue weighted by Crippen LogP contribution is 2.06. The van der Waals surface area contributed by atoms with E-state index in [1.165, 1.54) is 0 Å². The molecule has 2 aromatic heterocycles. The quantitative estimate of drug-likeness (QED) is 0.512. The van der Waals surface area contributed by atoms with Crippen LogP contribution in [-0.4, -0.2) is 22.4 Å². The van der Waals surface area contributed by atoms with Crippen LogP contribution in [0.4, 0.5) is 0 Å². The van der Waals surface area contributed by atoms with E-state index in [0.717, 1.165) is 17.0 Å². The topological polar surface area (TPSA) is 30.2 Å². The molecule has 3 nitrogen and oxygen atoms in total. The molecule has 0 saturated heterocycles. The molecule has 0 N–H and O–H groups in total. The highest BCUT2D eigenvalue weighted by Gasteiger charge is 2.08. The van der Waals surface area contributed by atoms with Crippen molar-refractivity contribution in [3.8, 4) is 11.5 Å². The predicted molar refractivity (Wildman–Crippen MR) is 67.9 cm³/mol. The highest BCUT2D eigenvalue weighted by atomic mass is 28.3. The average Bonchev–Trinajstić information content (AvgIpc) is 2.62. The maximum atomic E-state index is 4.44. The van der Waals surface area contributed by atoms with E-state index in [2.05, 4.69) is 41.1 Å². The molecule has 0 amide bonds. The Morgan fingerprint density at radius 2 is 2.06 bits per heavy atom. The Kier molecular flexibility index (Phi) is 2.56. The van der Waals surface area contributed by atoms with Crippen molar-refractivity contribution >= 4 is 13.7 Å². The summed E-state index contributed by atoms with van der Waals surface area (Å²) in [5.41, 5.74) is 5.96. The summed E-state index contributed by atoms with van der Waals surface area (Å²) in [5.74, 6) is 3.16. The summed E-state index contributed by atoms with van der Waals surface area (Å²) >= 11 is 0. The first-order valence-electron chi connectivity index (χ1n) is 5.29. The number of fused-ring (bicyclic) bond motifs is 1. The third kappa shape index (κ3) is 2.31. The minimum Gasteiger partial charge on any atom is -0.303 e. The molecule has 0 aliphatic carbocycles. The Labute approximate surface area is 96.6 Å². The van der Waals surface area contributed by atoms with Crippen LogP contribution in [0.25, 0.3) is 5.65 Å². The lowest BCUT2D eigenvalue weighted by Crippen LogP contribution is -2.16. The van der Waals surface area contributed by atoms with Crippen molar-refractivity contribution < 1.29 is 0 Å². The van der Waals surface area contributed by atoms with Crippen molar-refractivity contribution in [2.45, 2.75) is 26.6 Å². The van der Waals surface area contributed by atoms with E-state index in [1.54, 1.807) is 6.20 Å². The molecule has 0 spiro atoms. The van der Waals surface area contributed by atoms with E-state index in [-0.39, 0.29) is 0 Å². The van der Waals surface area contributed by atoms with Gasteiger partial charge >= 0.3 is 0 Å². The van der Waals surface area contributed by atoms with Gasteiger partial charge in [0, 0.05) is 18.6 Å². The maximum absolute atomic E-state index is 4.44. The Morgan fingerprint density at radius 3 is 2.75 bits per heavy atom. The predicted octanol–water partition coefficient (Wildman–Crippen LogP) is 2.27. The largest absolute Gasteiger partial charge is 0.303 e. The summed E-state index contributed by atoms with van der Waals surface area (Å²) in [4.78, 5) is 8.67.